The molecular weight excluding hydrogens is 299 g/mol. The van der Waals surface area contributed by atoms with E-state index in [9.17, 15) is 0 Å². The highest BCUT2D eigenvalue weighted by Gasteiger charge is 2.29. The van der Waals surface area contributed by atoms with Crippen molar-refractivity contribution in [1.82, 2.24) is 0 Å². The summed E-state index contributed by atoms with van der Waals surface area (Å²) in [4.78, 5) is 0. The van der Waals surface area contributed by atoms with Crippen molar-refractivity contribution in [2.45, 2.75) is 12.5 Å². The number of benzene rings is 1. The number of halogens is 3. The van der Waals surface area contributed by atoms with Gasteiger partial charge in [-0.15, -0.1) is 11.6 Å². The predicted molar refractivity (Wildman–Crippen MR) is 66.7 cm³/mol. The van der Waals surface area contributed by atoms with Crippen LogP contribution in [0.15, 0.2) is 22.7 Å². The highest BCUT2D eigenvalue weighted by atomic mass is 79.9. The molecule has 1 aromatic carbocycles. The molecule has 0 N–H and O–H groups in total. The fraction of sp³-hybridized carbons (Fsp3) is 0.455. The first-order chi connectivity index (χ1) is 7.22. The predicted octanol–water partition coefficient (Wildman–Crippen LogP) is 4.42. The molecule has 0 spiro atoms. The van der Waals surface area contributed by atoms with Crippen LogP contribution in [-0.4, -0.2) is 12.5 Å². The standard InChI is InChI=1S/C11H11BrCl2O/c12-9-2-1-7(5-10(9)14)11-8(6-13)3-4-15-11/h1-2,5,8,11H,3-4,6H2. The number of rotatable bonds is 2. The maximum atomic E-state index is 6.05. The Kier molecular flexibility index (Phi) is 3.94. The van der Waals surface area contributed by atoms with E-state index in [1.165, 1.54) is 0 Å². The van der Waals surface area contributed by atoms with Gasteiger partial charge in [0.05, 0.1) is 11.1 Å². The second kappa shape index (κ2) is 5.05. The van der Waals surface area contributed by atoms with Gasteiger partial charge < -0.3 is 4.74 Å². The lowest BCUT2D eigenvalue weighted by Gasteiger charge is -2.17. The lowest BCUT2D eigenvalue weighted by molar-refractivity contribution is 0.0951. The van der Waals surface area contributed by atoms with Crippen molar-refractivity contribution in [3.63, 3.8) is 0 Å². The highest BCUT2D eigenvalue weighted by Crippen LogP contribution is 2.37. The van der Waals surface area contributed by atoms with Crippen LogP contribution < -0.4 is 0 Å². The van der Waals surface area contributed by atoms with Crippen molar-refractivity contribution in [3.8, 4) is 0 Å². The molecule has 82 valence electrons. The maximum Gasteiger partial charge on any atom is 0.0865 e. The number of hydrogen-bond acceptors (Lipinski definition) is 1. The van der Waals surface area contributed by atoms with Gasteiger partial charge in [-0.25, -0.2) is 0 Å². The minimum absolute atomic E-state index is 0.105. The zero-order valence-electron chi connectivity index (χ0n) is 8.05. The summed E-state index contributed by atoms with van der Waals surface area (Å²) >= 11 is 15.3. The molecule has 1 aromatic rings. The lowest BCUT2D eigenvalue weighted by atomic mass is 9.97. The van der Waals surface area contributed by atoms with Crippen LogP contribution >= 0.6 is 39.1 Å². The molecule has 2 atom stereocenters. The molecule has 0 aromatic heterocycles. The molecule has 1 nitrogen and oxygen atoms in total. The molecule has 4 heteroatoms. The van der Waals surface area contributed by atoms with Gasteiger partial charge in [0.1, 0.15) is 0 Å². The molecule has 0 aliphatic carbocycles. The molecule has 1 aliphatic heterocycles. The summed E-state index contributed by atoms with van der Waals surface area (Å²) in [5, 5.41) is 0.719. The minimum Gasteiger partial charge on any atom is -0.373 e. The van der Waals surface area contributed by atoms with Crippen LogP contribution in [0.3, 0.4) is 0 Å². The second-order valence-corrected chi connectivity index (χ2v) is 5.24. The van der Waals surface area contributed by atoms with E-state index in [0.717, 1.165) is 28.1 Å². The highest BCUT2D eigenvalue weighted by molar-refractivity contribution is 9.10. The van der Waals surface area contributed by atoms with Gasteiger partial charge in [0.25, 0.3) is 0 Å². The van der Waals surface area contributed by atoms with E-state index >= 15 is 0 Å². The number of alkyl halides is 1. The monoisotopic (exact) mass is 308 g/mol. The fourth-order valence-corrected chi connectivity index (χ4v) is 2.60. The minimum atomic E-state index is 0.105. The summed E-state index contributed by atoms with van der Waals surface area (Å²) in [6, 6.07) is 5.93. The van der Waals surface area contributed by atoms with Crippen LogP contribution in [0.5, 0.6) is 0 Å². The molecule has 0 radical (unpaired) electrons. The van der Waals surface area contributed by atoms with Gasteiger partial charge in [-0.05, 0) is 40.0 Å². The Labute approximate surface area is 108 Å². The third kappa shape index (κ3) is 2.50. The summed E-state index contributed by atoms with van der Waals surface area (Å²) in [5.74, 6) is 1.04. The average Bonchev–Trinajstić information content (AvgIpc) is 2.70. The quantitative estimate of drug-likeness (QED) is 0.735. The molecule has 1 fully saturated rings. The first kappa shape index (κ1) is 11.7. The average molecular weight is 310 g/mol. The smallest absolute Gasteiger partial charge is 0.0865 e. The van der Waals surface area contributed by atoms with Crippen LogP contribution in [0.4, 0.5) is 0 Å². The Balaban J connectivity index is 2.25. The van der Waals surface area contributed by atoms with Crippen LogP contribution in [0.2, 0.25) is 5.02 Å². The summed E-state index contributed by atoms with van der Waals surface area (Å²) in [7, 11) is 0. The Bertz CT molecular complexity index is 356. The molecular formula is C11H11BrCl2O. The van der Waals surface area contributed by atoms with Gasteiger partial charge in [0.2, 0.25) is 0 Å². The zero-order chi connectivity index (χ0) is 10.8. The summed E-state index contributed by atoms with van der Waals surface area (Å²) in [5.41, 5.74) is 1.12. The van der Waals surface area contributed by atoms with E-state index in [1.54, 1.807) is 0 Å². The van der Waals surface area contributed by atoms with Crippen LogP contribution in [0, 0.1) is 5.92 Å². The van der Waals surface area contributed by atoms with Gasteiger partial charge in [-0.3, -0.25) is 0 Å². The van der Waals surface area contributed by atoms with E-state index < -0.39 is 0 Å². The Morgan fingerprint density at radius 2 is 2.27 bits per heavy atom. The summed E-state index contributed by atoms with van der Waals surface area (Å²) < 4.78 is 6.59. The molecule has 0 amide bonds. The normalized spacial score (nSPS) is 25.8. The van der Waals surface area contributed by atoms with Crippen LogP contribution in [-0.2, 0) is 4.74 Å². The number of hydrogen-bond donors (Lipinski definition) is 0. The van der Waals surface area contributed by atoms with E-state index in [2.05, 4.69) is 15.9 Å². The maximum absolute atomic E-state index is 6.05. The Morgan fingerprint density at radius 1 is 1.47 bits per heavy atom. The first-order valence-corrected chi connectivity index (χ1v) is 6.55. The van der Waals surface area contributed by atoms with Crippen molar-refractivity contribution in [1.29, 1.82) is 0 Å². The molecule has 2 rings (SSSR count). The number of ether oxygens (including phenoxy) is 1. The SMILES string of the molecule is ClCC1CCOC1c1ccc(Br)c(Cl)c1. The summed E-state index contributed by atoms with van der Waals surface area (Å²) in [6.07, 6.45) is 1.13. The van der Waals surface area contributed by atoms with Crippen LogP contribution in [0.1, 0.15) is 18.1 Å². The largest absolute Gasteiger partial charge is 0.373 e. The Morgan fingerprint density at radius 3 is 2.93 bits per heavy atom. The molecule has 1 saturated heterocycles. The fourth-order valence-electron chi connectivity index (χ4n) is 1.85. The molecule has 0 bridgehead atoms. The third-order valence-electron chi connectivity index (χ3n) is 2.68. The molecule has 1 aliphatic rings. The van der Waals surface area contributed by atoms with E-state index in [-0.39, 0.29) is 6.10 Å². The van der Waals surface area contributed by atoms with Crippen molar-refractivity contribution in [2.75, 3.05) is 12.5 Å². The lowest BCUT2D eigenvalue weighted by Crippen LogP contribution is -2.08. The van der Waals surface area contributed by atoms with Crippen molar-refractivity contribution >= 4 is 39.1 Å². The molecule has 0 saturated carbocycles. The van der Waals surface area contributed by atoms with Gasteiger partial charge >= 0.3 is 0 Å². The van der Waals surface area contributed by atoms with Crippen molar-refractivity contribution in [3.05, 3.63) is 33.3 Å². The summed E-state index contributed by atoms with van der Waals surface area (Å²) in [6.45, 7) is 0.787. The first-order valence-electron chi connectivity index (χ1n) is 4.85. The van der Waals surface area contributed by atoms with Crippen molar-refractivity contribution in [2.24, 2.45) is 5.92 Å². The van der Waals surface area contributed by atoms with Gasteiger partial charge in [0.15, 0.2) is 0 Å². The zero-order valence-corrected chi connectivity index (χ0v) is 11.1. The van der Waals surface area contributed by atoms with E-state index in [1.807, 2.05) is 18.2 Å². The second-order valence-electron chi connectivity index (χ2n) is 3.67. The van der Waals surface area contributed by atoms with Gasteiger partial charge in [-0.2, -0.15) is 0 Å². The Hall–Kier alpha value is 0.240. The molecule has 2 unspecified atom stereocenters. The van der Waals surface area contributed by atoms with Gasteiger partial charge in [0, 0.05) is 22.9 Å². The van der Waals surface area contributed by atoms with E-state index in [0.29, 0.717) is 11.8 Å². The molecule has 1 heterocycles. The third-order valence-corrected chi connectivity index (χ3v) is 4.31. The van der Waals surface area contributed by atoms with E-state index in [4.69, 9.17) is 27.9 Å². The van der Waals surface area contributed by atoms with Crippen LogP contribution in [0.25, 0.3) is 0 Å². The molecule has 15 heavy (non-hydrogen) atoms. The van der Waals surface area contributed by atoms with Gasteiger partial charge in [-0.1, -0.05) is 17.7 Å². The topological polar surface area (TPSA) is 9.23 Å². The van der Waals surface area contributed by atoms with Crippen molar-refractivity contribution < 1.29 is 4.74 Å².